The van der Waals surface area contributed by atoms with Gasteiger partial charge in [0.25, 0.3) is 0 Å². The van der Waals surface area contributed by atoms with Gasteiger partial charge in [-0.25, -0.2) is 0 Å². The van der Waals surface area contributed by atoms with Crippen LogP contribution in [0.15, 0.2) is 231 Å². The van der Waals surface area contributed by atoms with Crippen molar-refractivity contribution in [3.05, 3.63) is 253 Å². The Morgan fingerprint density at radius 1 is 0.215 bits per heavy atom. The molecule has 0 unspecified atom stereocenters. The first-order chi connectivity index (χ1) is 32.3. The molecule has 0 fully saturated rings. The van der Waals surface area contributed by atoms with Crippen LogP contribution >= 0.6 is 0 Å². The van der Waals surface area contributed by atoms with Crippen LogP contribution in [-0.2, 0) is 5.41 Å². The van der Waals surface area contributed by atoms with E-state index in [0.29, 0.717) is 0 Å². The molecule has 0 saturated carbocycles. The van der Waals surface area contributed by atoms with Crippen LogP contribution in [0.3, 0.4) is 0 Å². The van der Waals surface area contributed by atoms with Gasteiger partial charge >= 0.3 is 0 Å². The number of fused-ring (bicyclic) bond motifs is 16. The average Bonchev–Trinajstić information content (AvgIpc) is 3.96. The van der Waals surface area contributed by atoms with E-state index in [1.54, 1.807) is 0 Å². The quantitative estimate of drug-likeness (QED) is 0.167. The lowest BCUT2D eigenvalue weighted by atomic mass is 9.70. The number of benzene rings is 12. The van der Waals surface area contributed by atoms with Gasteiger partial charge in [0.05, 0.1) is 5.41 Å². The van der Waals surface area contributed by atoms with Gasteiger partial charge in [-0.05, 0) is 174 Å². The molecule has 0 aromatic heterocycles. The second-order valence-corrected chi connectivity index (χ2v) is 18.2. The minimum absolute atomic E-state index is 0.420. The zero-order valence-electron chi connectivity index (χ0n) is 35.4. The molecule has 0 aliphatic heterocycles. The molecule has 3 aliphatic carbocycles. The molecular weight excluding hydrogens is 781 g/mol. The van der Waals surface area contributed by atoms with Crippen LogP contribution in [0.25, 0.3) is 121 Å². The number of hydrogen-bond donors (Lipinski definition) is 0. The topological polar surface area (TPSA) is 0 Å². The third-order valence-corrected chi connectivity index (χ3v) is 15.1. The van der Waals surface area contributed by atoms with Crippen molar-refractivity contribution in [3.63, 3.8) is 0 Å². The largest absolute Gasteiger partial charge is 0.0725 e. The molecule has 0 amide bonds. The number of hydrogen-bond acceptors (Lipinski definition) is 0. The summed E-state index contributed by atoms with van der Waals surface area (Å²) in [6, 6.07) is 87.1. The van der Waals surface area contributed by atoms with Crippen molar-refractivity contribution in [2.75, 3.05) is 0 Å². The Balaban J connectivity index is 0.983. The first-order valence-electron chi connectivity index (χ1n) is 22.8. The Hall–Kier alpha value is -8.32. The van der Waals surface area contributed by atoms with E-state index in [0.717, 1.165) is 0 Å². The number of rotatable bonds is 3. The predicted molar refractivity (Wildman–Crippen MR) is 274 cm³/mol. The van der Waals surface area contributed by atoms with Gasteiger partial charge in [-0.2, -0.15) is 0 Å². The van der Waals surface area contributed by atoms with Crippen LogP contribution in [0.4, 0.5) is 0 Å². The fraction of sp³-hybridized carbons (Fsp3) is 0.0154. The fourth-order valence-electron chi connectivity index (χ4n) is 12.6. The van der Waals surface area contributed by atoms with E-state index >= 15 is 0 Å². The van der Waals surface area contributed by atoms with Gasteiger partial charge in [-0.3, -0.25) is 0 Å². The standard InChI is InChI=1S/C65H38/c1-3-16-39(17-4-1)60-50-24-9-10-25-51(50)61(40-18-5-2-6-19-40)64-53-33-32-46(49-26-15-27-52(62(49)53)63(60)64)44-31-30-43-36-55-54-35-41-20-7-8-21-42(41)37-58(54)65(59(55)38-45(43)34-44)56-28-13-11-22-47(56)48-23-12-14-29-57(48)65/h1-38H. The van der Waals surface area contributed by atoms with Gasteiger partial charge in [-0.15, -0.1) is 0 Å². The molecule has 0 saturated heterocycles. The lowest BCUT2D eigenvalue weighted by Gasteiger charge is -2.30. The SMILES string of the molecule is c1ccc(-c2c3c(c(-c4ccccc4)c4ccccc24)-c2ccc(-c4ccc5cc6c(cc5c4)C4(c5ccccc5-c5ccccc54)c4cc5ccccc5cc4-6)c4cccc-3c24)cc1. The normalized spacial score (nSPS) is 13.4. The second kappa shape index (κ2) is 12.9. The van der Waals surface area contributed by atoms with Crippen molar-refractivity contribution in [3.8, 4) is 77.9 Å². The predicted octanol–water partition coefficient (Wildman–Crippen LogP) is 17.3. The molecule has 0 N–H and O–H groups in total. The van der Waals surface area contributed by atoms with Gasteiger partial charge in [0.15, 0.2) is 0 Å². The minimum atomic E-state index is -0.420. The van der Waals surface area contributed by atoms with E-state index in [1.807, 2.05) is 0 Å². The molecule has 12 aromatic carbocycles. The van der Waals surface area contributed by atoms with Gasteiger partial charge in [0.1, 0.15) is 0 Å². The van der Waals surface area contributed by atoms with Crippen LogP contribution in [-0.4, -0.2) is 0 Å². The lowest BCUT2D eigenvalue weighted by molar-refractivity contribution is 0.796. The van der Waals surface area contributed by atoms with Crippen molar-refractivity contribution in [1.82, 2.24) is 0 Å². The van der Waals surface area contributed by atoms with Crippen LogP contribution in [0.2, 0.25) is 0 Å². The van der Waals surface area contributed by atoms with Gasteiger partial charge in [0, 0.05) is 0 Å². The molecule has 3 aliphatic rings. The first-order valence-corrected chi connectivity index (χ1v) is 22.8. The molecule has 65 heavy (non-hydrogen) atoms. The fourth-order valence-corrected chi connectivity index (χ4v) is 12.6. The Labute approximate surface area is 377 Å². The Kier molecular flexibility index (Phi) is 6.97. The van der Waals surface area contributed by atoms with E-state index in [9.17, 15) is 0 Å². The molecule has 0 nitrogen and oxygen atoms in total. The molecule has 15 rings (SSSR count). The Bertz CT molecular complexity index is 3900. The third-order valence-electron chi connectivity index (χ3n) is 15.1. The van der Waals surface area contributed by atoms with Gasteiger partial charge < -0.3 is 0 Å². The van der Waals surface area contributed by atoms with E-state index in [2.05, 4.69) is 231 Å². The highest BCUT2D eigenvalue weighted by Crippen LogP contribution is 2.64. The van der Waals surface area contributed by atoms with Crippen molar-refractivity contribution in [1.29, 1.82) is 0 Å². The van der Waals surface area contributed by atoms with Crippen LogP contribution in [0.5, 0.6) is 0 Å². The second-order valence-electron chi connectivity index (χ2n) is 18.2. The van der Waals surface area contributed by atoms with Gasteiger partial charge in [0.2, 0.25) is 0 Å². The zero-order valence-corrected chi connectivity index (χ0v) is 35.4. The molecule has 0 bridgehead atoms. The van der Waals surface area contributed by atoms with E-state index in [1.165, 1.54) is 143 Å². The third kappa shape index (κ3) is 4.55. The maximum Gasteiger partial charge on any atom is 0.0725 e. The molecule has 298 valence electrons. The van der Waals surface area contributed by atoms with Crippen LogP contribution in [0.1, 0.15) is 22.3 Å². The highest BCUT2D eigenvalue weighted by molar-refractivity contribution is 6.29. The van der Waals surface area contributed by atoms with Crippen molar-refractivity contribution in [2.45, 2.75) is 5.41 Å². The van der Waals surface area contributed by atoms with Crippen molar-refractivity contribution in [2.24, 2.45) is 0 Å². The summed E-state index contributed by atoms with van der Waals surface area (Å²) in [6.07, 6.45) is 0. The maximum absolute atomic E-state index is 2.54. The average molecular weight is 819 g/mol. The van der Waals surface area contributed by atoms with Crippen molar-refractivity contribution < 1.29 is 0 Å². The lowest BCUT2D eigenvalue weighted by Crippen LogP contribution is -2.25. The summed E-state index contributed by atoms with van der Waals surface area (Å²) in [5.74, 6) is 0. The smallest absolute Gasteiger partial charge is 0.0622 e. The zero-order chi connectivity index (χ0) is 42.4. The summed E-state index contributed by atoms with van der Waals surface area (Å²) >= 11 is 0. The highest BCUT2D eigenvalue weighted by atomic mass is 14.5. The first kappa shape index (κ1) is 35.2. The summed E-state index contributed by atoms with van der Waals surface area (Å²) in [7, 11) is 0. The van der Waals surface area contributed by atoms with E-state index in [-0.39, 0.29) is 0 Å². The van der Waals surface area contributed by atoms with Gasteiger partial charge in [-0.1, -0.05) is 200 Å². The molecule has 0 heterocycles. The maximum atomic E-state index is 2.54. The molecule has 1 spiro atoms. The van der Waals surface area contributed by atoms with E-state index in [4.69, 9.17) is 0 Å². The summed E-state index contributed by atoms with van der Waals surface area (Å²) in [6.45, 7) is 0. The highest BCUT2D eigenvalue weighted by Gasteiger charge is 2.51. The molecule has 0 heteroatoms. The molecule has 12 aromatic rings. The monoisotopic (exact) mass is 818 g/mol. The molecule has 0 atom stereocenters. The van der Waals surface area contributed by atoms with Crippen LogP contribution in [0, 0.1) is 0 Å². The summed E-state index contributed by atoms with van der Waals surface area (Å²) in [5.41, 5.74) is 23.3. The summed E-state index contributed by atoms with van der Waals surface area (Å²) in [4.78, 5) is 0. The molecule has 0 radical (unpaired) electrons. The summed E-state index contributed by atoms with van der Waals surface area (Å²) in [5, 5.41) is 10.3. The Morgan fingerprint density at radius 3 is 1.31 bits per heavy atom. The minimum Gasteiger partial charge on any atom is -0.0622 e. The summed E-state index contributed by atoms with van der Waals surface area (Å²) < 4.78 is 0. The molecular formula is C65H38. The van der Waals surface area contributed by atoms with Crippen LogP contribution < -0.4 is 0 Å². The van der Waals surface area contributed by atoms with E-state index < -0.39 is 5.41 Å². The Morgan fingerprint density at radius 2 is 0.677 bits per heavy atom. The van der Waals surface area contributed by atoms with Crippen molar-refractivity contribution >= 4 is 43.1 Å².